The molecule has 12 heavy (non-hydrogen) atoms. The van der Waals surface area contributed by atoms with Crippen LogP contribution in [0.5, 0.6) is 0 Å². The lowest BCUT2D eigenvalue weighted by atomic mass is 10.1. The van der Waals surface area contributed by atoms with Crippen molar-refractivity contribution in [3.8, 4) is 0 Å². The number of hydrogen-bond donors (Lipinski definition) is 1. The van der Waals surface area contributed by atoms with Crippen LogP contribution in [0, 0.1) is 0 Å². The summed E-state index contributed by atoms with van der Waals surface area (Å²) >= 11 is 0. The normalized spacial score (nSPS) is 19.5. The van der Waals surface area contributed by atoms with Gasteiger partial charge in [-0.25, -0.2) is 0 Å². The van der Waals surface area contributed by atoms with Crippen molar-refractivity contribution in [3.63, 3.8) is 0 Å². The fourth-order valence-electron chi connectivity index (χ4n) is 1.18. The predicted octanol–water partition coefficient (Wildman–Crippen LogP) is 0.921. The van der Waals surface area contributed by atoms with Gasteiger partial charge in [-0.2, -0.15) is 0 Å². The van der Waals surface area contributed by atoms with Crippen LogP contribution in [0.15, 0.2) is 0 Å². The van der Waals surface area contributed by atoms with Gasteiger partial charge in [-0.05, 0) is 25.7 Å². The number of ether oxygens (including phenoxy) is 2. The summed E-state index contributed by atoms with van der Waals surface area (Å²) in [5.74, 6) is 0. The SMILES string of the molecule is COCCOCCCC1(N)CC1. The quantitative estimate of drug-likeness (QED) is 0.582. The topological polar surface area (TPSA) is 44.5 Å². The maximum Gasteiger partial charge on any atom is 0.0700 e. The first-order valence-electron chi connectivity index (χ1n) is 4.62. The van der Waals surface area contributed by atoms with Crippen LogP contribution < -0.4 is 5.73 Å². The van der Waals surface area contributed by atoms with Gasteiger partial charge in [-0.1, -0.05) is 0 Å². The largest absolute Gasteiger partial charge is 0.382 e. The molecule has 0 aromatic heterocycles. The van der Waals surface area contributed by atoms with E-state index >= 15 is 0 Å². The molecular weight excluding hydrogens is 154 g/mol. The third-order valence-electron chi connectivity index (χ3n) is 2.29. The molecule has 3 heteroatoms. The Kier molecular flexibility index (Phi) is 3.98. The molecule has 1 saturated carbocycles. The van der Waals surface area contributed by atoms with E-state index in [0.29, 0.717) is 13.2 Å². The third-order valence-corrected chi connectivity index (χ3v) is 2.29. The summed E-state index contributed by atoms with van der Waals surface area (Å²) in [6.45, 7) is 2.21. The lowest BCUT2D eigenvalue weighted by molar-refractivity contribution is 0.0679. The van der Waals surface area contributed by atoms with Crippen molar-refractivity contribution in [1.29, 1.82) is 0 Å². The van der Waals surface area contributed by atoms with Crippen molar-refractivity contribution >= 4 is 0 Å². The molecule has 0 aromatic carbocycles. The van der Waals surface area contributed by atoms with Gasteiger partial charge in [0.05, 0.1) is 13.2 Å². The van der Waals surface area contributed by atoms with Crippen LogP contribution in [0.1, 0.15) is 25.7 Å². The molecule has 72 valence electrons. The molecule has 0 bridgehead atoms. The van der Waals surface area contributed by atoms with Gasteiger partial charge in [-0.15, -0.1) is 0 Å². The maximum absolute atomic E-state index is 5.91. The predicted molar refractivity (Wildman–Crippen MR) is 48.1 cm³/mol. The minimum Gasteiger partial charge on any atom is -0.382 e. The number of methoxy groups -OCH3 is 1. The Morgan fingerprint density at radius 2 is 2.00 bits per heavy atom. The minimum atomic E-state index is 0.185. The lowest BCUT2D eigenvalue weighted by Gasteiger charge is -2.07. The van der Waals surface area contributed by atoms with E-state index < -0.39 is 0 Å². The fraction of sp³-hybridized carbons (Fsp3) is 1.00. The fourth-order valence-corrected chi connectivity index (χ4v) is 1.18. The van der Waals surface area contributed by atoms with Crippen molar-refractivity contribution in [1.82, 2.24) is 0 Å². The Hall–Kier alpha value is -0.120. The second-order valence-corrected chi connectivity index (χ2v) is 3.57. The Morgan fingerprint density at radius 3 is 2.58 bits per heavy atom. The van der Waals surface area contributed by atoms with Crippen molar-refractivity contribution in [2.45, 2.75) is 31.2 Å². The van der Waals surface area contributed by atoms with Crippen LogP contribution >= 0.6 is 0 Å². The average molecular weight is 173 g/mol. The lowest BCUT2D eigenvalue weighted by Crippen LogP contribution is -2.21. The van der Waals surface area contributed by atoms with E-state index in [2.05, 4.69) is 0 Å². The molecule has 1 aliphatic rings. The van der Waals surface area contributed by atoms with Crippen LogP contribution in [0.3, 0.4) is 0 Å². The first-order valence-corrected chi connectivity index (χ1v) is 4.62. The van der Waals surface area contributed by atoms with Crippen LogP contribution in [-0.4, -0.2) is 32.5 Å². The number of hydrogen-bond acceptors (Lipinski definition) is 3. The highest BCUT2D eigenvalue weighted by molar-refractivity contribution is 4.97. The Labute approximate surface area is 74.2 Å². The highest BCUT2D eigenvalue weighted by Crippen LogP contribution is 2.36. The Bertz CT molecular complexity index is 124. The molecule has 0 atom stereocenters. The zero-order valence-corrected chi connectivity index (χ0v) is 7.84. The van der Waals surface area contributed by atoms with Crippen molar-refractivity contribution in [3.05, 3.63) is 0 Å². The van der Waals surface area contributed by atoms with Gasteiger partial charge in [0.25, 0.3) is 0 Å². The molecule has 0 heterocycles. The molecule has 1 aliphatic carbocycles. The highest BCUT2D eigenvalue weighted by atomic mass is 16.5. The highest BCUT2D eigenvalue weighted by Gasteiger charge is 2.36. The molecule has 0 amide bonds. The first-order chi connectivity index (χ1) is 5.77. The minimum absolute atomic E-state index is 0.185. The monoisotopic (exact) mass is 173 g/mol. The van der Waals surface area contributed by atoms with Crippen LogP contribution in [0.4, 0.5) is 0 Å². The van der Waals surface area contributed by atoms with E-state index in [1.54, 1.807) is 7.11 Å². The molecule has 1 fully saturated rings. The second-order valence-electron chi connectivity index (χ2n) is 3.57. The van der Waals surface area contributed by atoms with Crippen molar-refractivity contribution < 1.29 is 9.47 Å². The number of rotatable bonds is 7. The zero-order chi connectivity index (χ0) is 8.86. The Morgan fingerprint density at radius 1 is 1.25 bits per heavy atom. The van der Waals surface area contributed by atoms with Crippen molar-refractivity contribution in [2.24, 2.45) is 5.73 Å². The van der Waals surface area contributed by atoms with E-state index in [1.165, 1.54) is 12.8 Å². The summed E-state index contributed by atoms with van der Waals surface area (Å²) in [4.78, 5) is 0. The van der Waals surface area contributed by atoms with Crippen LogP contribution in [-0.2, 0) is 9.47 Å². The first kappa shape index (κ1) is 9.96. The van der Waals surface area contributed by atoms with E-state index in [4.69, 9.17) is 15.2 Å². The second kappa shape index (κ2) is 4.80. The molecule has 2 N–H and O–H groups in total. The summed E-state index contributed by atoms with van der Waals surface area (Å²) in [5, 5.41) is 0. The zero-order valence-electron chi connectivity index (χ0n) is 7.84. The molecule has 0 aromatic rings. The van der Waals surface area contributed by atoms with E-state index in [0.717, 1.165) is 19.4 Å². The average Bonchev–Trinajstić information content (AvgIpc) is 2.77. The van der Waals surface area contributed by atoms with Crippen molar-refractivity contribution in [2.75, 3.05) is 26.9 Å². The van der Waals surface area contributed by atoms with Gasteiger partial charge >= 0.3 is 0 Å². The molecule has 3 nitrogen and oxygen atoms in total. The van der Waals surface area contributed by atoms with Gasteiger partial charge in [-0.3, -0.25) is 0 Å². The van der Waals surface area contributed by atoms with E-state index in [-0.39, 0.29) is 5.54 Å². The summed E-state index contributed by atoms with van der Waals surface area (Å²) in [6, 6.07) is 0. The number of nitrogens with two attached hydrogens (primary N) is 1. The summed E-state index contributed by atoms with van der Waals surface area (Å²) in [7, 11) is 1.68. The molecule has 0 unspecified atom stereocenters. The van der Waals surface area contributed by atoms with Gasteiger partial charge in [0.2, 0.25) is 0 Å². The smallest absolute Gasteiger partial charge is 0.0700 e. The van der Waals surface area contributed by atoms with Gasteiger partial charge in [0, 0.05) is 19.3 Å². The summed E-state index contributed by atoms with van der Waals surface area (Å²) < 4.78 is 10.2. The molecular formula is C9H19NO2. The summed E-state index contributed by atoms with van der Waals surface area (Å²) in [6.07, 6.45) is 4.59. The van der Waals surface area contributed by atoms with Gasteiger partial charge in [0.15, 0.2) is 0 Å². The van der Waals surface area contributed by atoms with Gasteiger partial charge in [0.1, 0.15) is 0 Å². The van der Waals surface area contributed by atoms with E-state index in [1.807, 2.05) is 0 Å². The molecule has 1 rings (SSSR count). The molecule has 0 radical (unpaired) electrons. The summed E-state index contributed by atoms with van der Waals surface area (Å²) in [5.41, 5.74) is 6.09. The van der Waals surface area contributed by atoms with E-state index in [9.17, 15) is 0 Å². The standard InChI is InChI=1S/C9H19NO2/c1-11-7-8-12-6-2-3-9(10)4-5-9/h2-8,10H2,1H3. The Balaban J connectivity index is 1.77. The van der Waals surface area contributed by atoms with Gasteiger partial charge < -0.3 is 15.2 Å². The molecule has 0 spiro atoms. The van der Waals surface area contributed by atoms with Crippen LogP contribution in [0.25, 0.3) is 0 Å². The third kappa shape index (κ3) is 4.04. The van der Waals surface area contributed by atoms with Crippen LogP contribution in [0.2, 0.25) is 0 Å². The molecule has 0 saturated heterocycles. The molecule has 0 aliphatic heterocycles. The maximum atomic E-state index is 5.91.